The number of para-hydroxylation sites is 1. The van der Waals surface area contributed by atoms with Gasteiger partial charge in [-0.25, -0.2) is 4.79 Å². The van der Waals surface area contributed by atoms with E-state index in [1.807, 2.05) is 30.3 Å². The van der Waals surface area contributed by atoms with Crippen LogP contribution in [-0.4, -0.2) is 43.0 Å². The van der Waals surface area contributed by atoms with Gasteiger partial charge in [-0.05, 0) is 25.0 Å². The van der Waals surface area contributed by atoms with Crippen molar-refractivity contribution in [1.82, 2.24) is 5.32 Å². The fourth-order valence-electron chi connectivity index (χ4n) is 2.06. The van der Waals surface area contributed by atoms with E-state index in [9.17, 15) is 4.79 Å². The molecule has 1 aromatic carbocycles. The van der Waals surface area contributed by atoms with Gasteiger partial charge < -0.3 is 19.9 Å². The summed E-state index contributed by atoms with van der Waals surface area (Å²) in [6.45, 7) is 1.97. The van der Waals surface area contributed by atoms with E-state index in [-0.39, 0.29) is 6.10 Å². The van der Waals surface area contributed by atoms with E-state index in [4.69, 9.17) is 14.6 Å². The van der Waals surface area contributed by atoms with Crippen LogP contribution in [0.4, 0.5) is 0 Å². The average Bonchev–Trinajstić information content (AvgIpc) is 2.89. The Kier molecular flexibility index (Phi) is 5.18. The van der Waals surface area contributed by atoms with Crippen LogP contribution in [0.3, 0.4) is 0 Å². The zero-order valence-corrected chi connectivity index (χ0v) is 10.7. The highest BCUT2D eigenvalue weighted by molar-refractivity contribution is 5.72. The van der Waals surface area contributed by atoms with Gasteiger partial charge in [-0.2, -0.15) is 0 Å². The molecule has 0 saturated carbocycles. The second kappa shape index (κ2) is 7.11. The highest BCUT2D eigenvalue weighted by Gasteiger charge is 2.29. The van der Waals surface area contributed by atoms with Crippen molar-refractivity contribution < 1.29 is 19.4 Å². The first kappa shape index (κ1) is 13.8. The van der Waals surface area contributed by atoms with Crippen molar-refractivity contribution in [2.24, 2.45) is 0 Å². The van der Waals surface area contributed by atoms with Gasteiger partial charge in [-0.15, -0.1) is 0 Å². The molecule has 0 aromatic heterocycles. The standard InChI is InChI=1S/C14H19NO4/c16-14(17)13-7-6-12(19-13)10-15-8-9-18-11-4-2-1-3-5-11/h1-5,12-13,15H,6-10H2,(H,16,17). The number of aliphatic carboxylic acids is 1. The van der Waals surface area contributed by atoms with Gasteiger partial charge in [-0.1, -0.05) is 18.2 Å². The molecule has 0 bridgehead atoms. The molecule has 0 spiro atoms. The predicted molar refractivity (Wildman–Crippen MR) is 70.3 cm³/mol. The smallest absolute Gasteiger partial charge is 0.332 e. The summed E-state index contributed by atoms with van der Waals surface area (Å²) >= 11 is 0. The van der Waals surface area contributed by atoms with Crippen LogP contribution in [0.2, 0.25) is 0 Å². The van der Waals surface area contributed by atoms with E-state index in [0.29, 0.717) is 26.1 Å². The molecular weight excluding hydrogens is 246 g/mol. The molecule has 2 N–H and O–H groups in total. The molecule has 1 heterocycles. The third kappa shape index (κ3) is 4.54. The first-order valence-electron chi connectivity index (χ1n) is 6.52. The lowest BCUT2D eigenvalue weighted by atomic mass is 10.2. The van der Waals surface area contributed by atoms with Crippen LogP contribution < -0.4 is 10.1 Å². The average molecular weight is 265 g/mol. The van der Waals surface area contributed by atoms with E-state index in [0.717, 1.165) is 12.2 Å². The topological polar surface area (TPSA) is 67.8 Å². The molecule has 2 atom stereocenters. The number of hydrogen-bond acceptors (Lipinski definition) is 4. The second-order valence-corrected chi connectivity index (χ2v) is 4.53. The summed E-state index contributed by atoms with van der Waals surface area (Å²) in [6.07, 6.45) is 0.760. The quantitative estimate of drug-likeness (QED) is 0.727. The van der Waals surface area contributed by atoms with Crippen LogP contribution in [0.25, 0.3) is 0 Å². The number of rotatable bonds is 7. The lowest BCUT2D eigenvalue weighted by molar-refractivity contribution is -0.149. The summed E-state index contributed by atoms with van der Waals surface area (Å²) in [5.41, 5.74) is 0. The third-order valence-electron chi connectivity index (χ3n) is 3.05. The van der Waals surface area contributed by atoms with Gasteiger partial charge in [0.1, 0.15) is 12.4 Å². The minimum absolute atomic E-state index is 0.00201. The van der Waals surface area contributed by atoms with Crippen molar-refractivity contribution in [3.63, 3.8) is 0 Å². The molecule has 1 fully saturated rings. The van der Waals surface area contributed by atoms with Crippen molar-refractivity contribution in [2.75, 3.05) is 19.7 Å². The summed E-state index contributed by atoms with van der Waals surface area (Å²) in [6, 6.07) is 9.64. The Bertz CT molecular complexity index is 396. The molecular formula is C14H19NO4. The van der Waals surface area contributed by atoms with Crippen LogP contribution in [0.1, 0.15) is 12.8 Å². The Labute approximate surface area is 112 Å². The minimum atomic E-state index is -0.866. The second-order valence-electron chi connectivity index (χ2n) is 4.53. The zero-order valence-electron chi connectivity index (χ0n) is 10.7. The van der Waals surface area contributed by atoms with Crippen LogP contribution in [-0.2, 0) is 9.53 Å². The summed E-state index contributed by atoms with van der Waals surface area (Å²) < 4.78 is 10.9. The van der Waals surface area contributed by atoms with Crippen molar-refractivity contribution in [3.8, 4) is 5.75 Å². The van der Waals surface area contributed by atoms with E-state index >= 15 is 0 Å². The maximum Gasteiger partial charge on any atom is 0.332 e. The molecule has 2 unspecified atom stereocenters. The Morgan fingerprint density at radius 1 is 1.37 bits per heavy atom. The SMILES string of the molecule is O=C(O)C1CCC(CNCCOc2ccccc2)O1. The van der Waals surface area contributed by atoms with Crippen molar-refractivity contribution in [1.29, 1.82) is 0 Å². The molecule has 1 aliphatic heterocycles. The maximum absolute atomic E-state index is 10.7. The van der Waals surface area contributed by atoms with E-state index in [1.54, 1.807) is 0 Å². The summed E-state index contributed by atoms with van der Waals surface area (Å²) in [5, 5.41) is 12.0. The minimum Gasteiger partial charge on any atom is -0.492 e. The Hall–Kier alpha value is -1.59. The largest absolute Gasteiger partial charge is 0.492 e. The normalized spacial score (nSPS) is 22.3. The highest BCUT2D eigenvalue weighted by atomic mass is 16.5. The molecule has 5 nitrogen and oxygen atoms in total. The van der Waals surface area contributed by atoms with Crippen LogP contribution >= 0.6 is 0 Å². The van der Waals surface area contributed by atoms with Crippen LogP contribution in [0.15, 0.2) is 30.3 Å². The van der Waals surface area contributed by atoms with Gasteiger partial charge in [0, 0.05) is 13.1 Å². The van der Waals surface area contributed by atoms with Gasteiger partial charge in [-0.3, -0.25) is 0 Å². The Balaban J connectivity index is 1.54. The van der Waals surface area contributed by atoms with Gasteiger partial charge in [0.15, 0.2) is 6.10 Å². The first-order valence-corrected chi connectivity index (χ1v) is 6.52. The molecule has 5 heteroatoms. The fourth-order valence-corrected chi connectivity index (χ4v) is 2.06. The maximum atomic E-state index is 10.7. The molecule has 0 amide bonds. The van der Waals surface area contributed by atoms with E-state index in [1.165, 1.54) is 0 Å². The predicted octanol–water partition coefficient (Wildman–Crippen LogP) is 1.29. The van der Waals surface area contributed by atoms with Gasteiger partial charge in [0.05, 0.1) is 6.10 Å². The summed E-state index contributed by atoms with van der Waals surface area (Å²) in [5.74, 6) is -0.0118. The van der Waals surface area contributed by atoms with Crippen molar-refractivity contribution in [3.05, 3.63) is 30.3 Å². The summed E-state index contributed by atoms with van der Waals surface area (Å²) in [7, 11) is 0. The lowest BCUT2D eigenvalue weighted by Gasteiger charge is -2.12. The molecule has 1 aliphatic rings. The van der Waals surface area contributed by atoms with Gasteiger partial charge in [0.25, 0.3) is 0 Å². The lowest BCUT2D eigenvalue weighted by Crippen LogP contribution is -2.31. The van der Waals surface area contributed by atoms with Crippen molar-refractivity contribution >= 4 is 5.97 Å². The number of hydrogen-bond donors (Lipinski definition) is 2. The zero-order chi connectivity index (χ0) is 13.5. The molecule has 1 saturated heterocycles. The number of ether oxygens (including phenoxy) is 2. The number of benzene rings is 1. The molecule has 104 valence electrons. The highest BCUT2D eigenvalue weighted by Crippen LogP contribution is 2.19. The van der Waals surface area contributed by atoms with Crippen LogP contribution in [0, 0.1) is 0 Å². The number of carboxylic acid groups (broad SMARTS) is 1. The Morgan fingerprint density at radius 3 is 2.84 bits per heavy atom. The van der Waals surface area contributed by atoms with Gasteiger partial charge in [0.2, 0.25) is 0 Å². The van der Waals surface area contributed by atoms with Crippen molar-refractivity contribution in [2.45, 2.75) is 25.0 Å². The first-order chi connectivity index (χ1) is 9.25. The van der Waals surface area contributed by atoms with E-state index < -0.39 is 12.1 Å². The fraction of sp³-hybridized carbons (Fsp3) is 0.500. The molecule has 1 aromatic rings. The number of carbonyl (C=O) groups is 1. The monoisotopic (exact) mass is 265 g/mol. The van der Waals surface area contributed by atoms with E-state index in [2.05, 4.69) is 5.32 Å². The molecule has 0 radical (unpaired) electrons. The molecule has 19 heavy (non-hydrogen) atoms. The summed E-state index contributed by atoms with van der Waals surface area (Å²) in [4.78, 5) is 10.7. The van der Waals surface area contributed by atoms with Gasteiger partial charge >= 0.3 is 5.97 Å². The van der Waals surface area contributed by atoms with Crippen LogP contribution in [0.5, 0.6) is 5.75 Å². The number of carboxylic acids is 1. The molecule has 2 rings (SSSR count). The number of nitrogens with one attached hydrogen (secondary N) is 1. The molecule has 0 aliphatic carbocycles. The third-order valence-corrected chi connectivity index (χ3v) is 3.05. The Morgan fingerprint density at radius 2 is 2.16 bits per heavy atom.